The molecular formula is C16H21N3. The van der Waals surface area contributed by atoms with Crippen molar-refractivity contribution in [1.82, 2.24) is 14.9 Å². The van der Waals surface area contributed by atoms with Crippen LogP contribution >= 0.6 is 0 Å². The summed E-state index contributed by atoms with van der Waals surface area (Å²) in [6, 6.07) is 7.40. The fourth-order valence-corrected chi connectivity index (χ4v) is 3.36. The first-order chi connectivity index (χ1) is 9.24. The zero-order valence-corrected chi connectivity index (χ0v) is 11.7. The molecule has 0 radical (unpaired) electrons. The van der Waals surface area contributed by atoms with E-state index in [-0.39, 0.29) is 0 Å². The molecule has 1 aromatic carbocycles. The minimum Gasteiger partial charge on any atom is -0.325 e. The van der Waals surface area contributed by atoms with Crippen molar-refractivity contribution in [3.8, 4) is 0 Å². The Bertz CT molecular complexity index is 624. The van der Waals surface area contributed by atoms with Gasteiger partial charge in [0.05, 0.1) is 11.0 Å². The fourth-order valence-electron chi connectivity index (χ4n) is 3.36. The molecule has 3 heteroatoms. The summed E-state index contributed by atoms with van der Waals surface area (Å²) in [4.78, 5) is 4.99. The summed E-state index contributed by atoms with van der Waals surface area (Å²) in [5.74, 6) is 2.59. The van der Waals surface area contributed by atoms with E-state index in [9.17, 15) is 0 Å². The van der Waals surface area contributed by atoms with Crippen LogP contribution in [0.5, 0.6) is 0 Å². The Labute approximate surface area is 114 Å². The smallest absolute Gasteiger partial charge is 0.114 e. The van der Waals surface area contributed by atoms with Gasteiger partial charge >= 0.3 is 0 Å². The minimum atomic E-state index is 0.577. The molecule has 1 saturated carbocycles. The van der Waals surface area contributed by atoms with Gasteiger partial charge in [-0.3, -0.25) is 0 Å². The molecule has 2 atom stereocenters. The van der Waals surface area contributed by atoms with Crippen LogP contribution in [-0.4, -0.2) is 22.6 Å². The number of benzene rings is 1. The monoisotopic (exact) mass is 255 g/mol. The maximum Gasteiger partial charge on any atom is 0.114 e. The maximum absolute atomic E-state index is 4.99. The molecule has 1 aromatic heterocycles. The third-order valence-corrected chi connectivity index (χ3v) is 4.63. The Morgan fingerprint density at radius 1 is 1.26 bits per heavy atom. The van der Waals surface area contributed by atoms with Crippen molar-refractivity contribution in [2.45, 2.75) is 38.6 Å². The molecule has 0 amide bonds. The SMILES string of the molecule is Cc1ccc2c(c1)nc(C1CNCC1C)n2C1CC1. The van der Waals surface area contributed by atoms with Crippen molar-refractivity contribution in [1.29, 1.82) is 0 Å². The molecular weight excluding hydrogens is 234 g/mol. The van der Waals surface area contributed by atoms with Crippen LogP contribution in [-0.2, 0) is 0 Å². The van der Waals surface area contributed by atoms with Crippen molar-refractivity contribution >= 4 is 11.0 Å². The van der Waals surface area contributed by atoms with Gasteiger partial charge in [-0.25, -0.2) is 4.98 Å². The highest BCUT2D eigenvalue weighted by atomic mass is 15.1. The van der Waals surface area contributed by atoms with Gasteiger partial charge in [-0.1, -0.05) is 13.0 Å². The summed E-state index contributed by atoms with van der Waals surface area (Å²) >= 11 is 0. The van der Waals surface area contributed by atoms with Crippen LogP contribution in [0.1, 0.15) is 43.1 Å². The molecule has 3 nitrogen and oxygen atoms in total. The summed E-state index contributed by atoms with van der Waals surface area (Å²) in [5.41, 5.74) is 3.82. The zero-order valence-electron chi connectivity index (χ0n) is 11.7. The van der Waals surface area contributed by atoms with E-state index in [4.69, 9.17) is 4.98 Å². The van der Waals surface area contributed by atoms with Crippen LogP contribution < -0.4 is 5.32 Å². The molecule has 100 valence electrons. The number of aryl methyl sites for hydroxylation is 1. The average Bonchev–Trinajstić information content (AvgIpc) is 3.03. The lowest BCUT2D eigenvalue weighted by Crippen LogP contribution is -2.14. The summed E-state index contributed by atoms with van der Waals surface area (Å²) in [6.45, 7) is 6.69. The van der Waals surface area contributed by atoms with Crippen LogP contribution in [0, 0.1) is 12.8 Å². The van der Waals surface area contributed by atoms with Gasteiger partial charge in [0.25, 0.3) is 0 Å². The van der Waals surface area contributed by atoms with E-state index in [2.05, 4.69) is 41.9 Å². The molecule has 0 bridgehead atoms. The Kier molecular flexibility index (Phi) is 2.46. The number of hydrogen-bond donors (Lipinski definition) is 1. The molecule has 0 spiro atoms. The number of hydrogen-bond acceptors (Lipinski definition) is 2. The standard InChI is InChI=1S/C16H21N3/c1-10-3-6-15-14(7-10)18-16(19(15)12-4-5-12)13-9-17-8-11(13)2/h3,6-7,11-13,17H,4-5,8-9H2,1-2H3. The van der Waals surface area contributed by atoms with Crippen molar-refractivity contribution in [2.75, 3.05) is 13.1 Å². The molecule has 1 N–H and O–H groups in total. The molecule has 2 unspecified atom stereocenters. The van der Waals surface area contributed by atoms with Crippen LogP contribution in [0.4, 0.5) is 0 Å². The van der Waals surface area contributed by atoms with Crippen molar-refractivity contribution in [2.24, 2.45) is 5.92 Å². The first-order valence-electron chi connectivity index (χ1n) is 7.43. The van der Waals surface area contributed by atoms with Gasteiger partial charge in [-0.15, -0.1) is 0 Å². The van der Waals surface area contributed by atoms with Crippen LogP contribution in [0.25, 0.3) is 11.0 Å². The molecule has 1 saturated heterocycles. The highest BCUT2D eigenvalue weighted by Crippen LogP contribution is 2.41. The fraction of sp³-hybridized carbons (Fsp3) is 0.562. The Morgan fingerprint density at radius 2 is 2.11 bits per heavy atom. The van der Waals surface area contributed by atoms with Crippen LogP contribution in [0.15, 0.2) is 18.2 Å². The van der Waals surface area contributed by atoms with Gasteiger partial charge in [0.15, 0.2) is 0 Å². The lowest BCUT2D eigenvalue weighted by atomic mass is 9.97. The van der Waals surface area contributed by atoms with Gasteiger partial charge in [-0.2, -0.15) is 0 Å². The summed E-state index contributed by atoms with van der Waals surface area (Å²) in [5, 5.41) is 3.51. The molecule has 2 fully saturated rings. The number of imidazole rings is 1. The Morgan fingerprint density at radius 3 is 2.79 bits per heavy atom. The van der Waals surface area contributed by atoms with E-state index in [0.29, 0.717) is 17.9 Å². The molecule has 2 aliphatic rings. The largest absolute Gasteiger partial charge is 0.325 e. The third kappa shape index (κ3) is 1.79. The first kappa shape index (κ1) is 11.5. The van der Waals surface area contributed by atoms with E-state index in [1.54, 1.807) is 0 Å². The molecule has 2 heterocycles. The second-order valence-corrected chi connectivity index (χ2v) is 6.31. The number of aromatic nitrogens is 2. The highest BCUT2D eigenvalue weighted by Gasteiger charge is 2.34. The average molecular weight is 255 g/mol. The third-order valence-electron chi connectivity index (χ3n) is 4.63. The summed E-state index contributed by atoms with van der Waals surface area (Å²) in [7, 11) is 0. The van der Waals surface area contributed by atoms with E-state index in [1.165, 1.54) is 35.3 Å². The topological polar surface area (TPSA) is 29.9 Å². The molecule has 19 heavy (non-hydrogen) atoms. The van der Waals surface area contributed by atoms with Crippen LogP contribution in [0.3, 0.4) is 0 Å². The molecule has 4 rings (SSSR count). The first-order valence-corrected chi connectivity index (χ1v) is 7.43. The van der Waals surface area contributed by atoms with Crippen molar-refractivity contribution in [3.63, 3.8) is 0 Å². The van der Waals surface area contributed by atoms with Crippen molar-refractivity contribution in [3.05, 3.63) is 29.6 Å². The van der Waals surface area contributed by atoms with Gasteiger partial charge in [0.1, 0.15) is 5.82 Å². The second kappa shape index (κ2) is 4.07. The lowest BCUT2D eigenvalue weighted by Gasteiger charge is -2.16. The lowest BCUT2D eigenvalue weighted by molar-refractivity contribution is 0.519. The number of rotatable bonds is 2. The van der Waals surface area contributed by atoms with E-state index in [1.807, 2.05) is 0 Å². The van der Waals surface area contributed by atoms with E-state index >= 15 is 0 Å². The normalized spacial score (nSPS) is 27.3. The number of nitrogens with zero attached hydrogens (tertiary/aromatic N) is 2. The van der Waals surface area contributed by atoms with Gasteiger partial charge in [0, 0.05) is 18.5 Å². The summed E-state index contributed by atoms with van der Waals surface area (Å²) < 4.78 is 2.53. The summed E-state index contributed by atoms with van der Waals surface area (Å²) in [6.07, 6.45) is 2.64. The van der Waals surface area contributed by atoms with Gasteiger partial charge in [-0.05, 0) is 49.9 Å². The predicted molar refractivity (Wildman–Crippen MR) is 77.5 cm³/mol. The maximum atomic E-state index is 4.99. The molecule has 1 aliphatic heterocycles. The Balaban J connectivity index is 1.91. The van der Waals surface area contributed by atoms with Gasteiger partial charge in [0.2, 0.25) is 0 Å². The van der Waals surface area contributed by atoms with Crippen molar-refractivity contribution < 1.29 is 0 Å². The highest BCUT2D eigenvalue weighted by molar-refractivity contribution is 5.77. The Hall–Kier alpha value is -1.35. The van der Waals surface area contributed by atoms with E-state index < -0.39 is 0 Å². The number of nitrogens with one attached hydrogen (secondary N) is 1. The number of fused-ring (bicyclic) bond motifs is 1. The minimum absolute atomic E-state index is 0.577. The van der Waals surface area contributed by atoms with Crippen LogP contribution in [0.2, 0.25) is 0 Å². The molecule has 2 aromatic rings. The van der Waals surface area contributed by atoms with Gasteiger partial charge < -0.3 is 9.88 Å². The van der Waals surface area contributed by atoms with E-state index in [0.717, 1.165) is 13.1 Å². The predicted octanol–water partition coefficient (Wildman–Crippen LogP) is 3.00. The zero-order chi connectivity index (χ0) is 13.0. The quantitative estimate of drug-likeness (QED) is 0.894. The second-order valence-electron chi connectivity index (χ2n) is 6.31. The molecule has 1 aliphatic carbocycles.